The highest BCUT2D eigenvalue weighted by atomic mass is 35.5. The Morgan fingerprint density at radius 3 is 2.58 bits per heavy atom. The van der Waals surface area contributed by atoms with Gasteiger partial charge in [-0.1, -0.05) is 35.9 Å². The number of amides is 2. The van der Waals surface area contributed by atoms with Gasteiger partial charge in [-0.15, -0.1) is 0 Å². The summed E-state index contributed by atoms with van der Waals surface area (Å²) in [5.74, 6) is -0.454. The van der Waals surface area contributed by atoms with Crippen LogP contribution < -0.4 is 5.32 Å². The normalized spacial score (nSPS) is 16.2. The van der Waals surface area contributed by atoms with Crippen LogP contribution in [0.25, 0.3) is 0 Å². The molecule has 132 valence electrons. The first-order valence-electron chi connectivity index (χ1n) is 8.36. The molecule has 2 heterocycles. The first-order valence-corrected chi connectivity index (χ1v) is 8.74. The summed E-state index contributed by atoms with van der Waals surface area (Å²) in [6, 6.07) is 17.0. The SMILES string of the molecule is O=C(Nc1ccccc1F)N1CCn2cccc2C1c1ccc(Cl)cc1. The van der Waals surface area contributed by atoms with E-state index in [1.807, 2.05) is 42.6 Å². The standard InChI is InChI=1S/C20H17ClFN3O/c21-15-9-7-14(8-10-15)19-18-6-3-11-24(18)12-13-25(19)20(26)23-17-5-2-1-4-16(17)22/h1-11,19H,12-13H2,(H,23,26). The lowest BCUT2D eigenvalue weighted by Gasteiger charge is -2.37. The molecule has 4 rings (SSSR count). The molecule has 1 aliphatic heterocycles. The molecule has 1 aliphatic rings. The second-order valence-electron chi connectivity index (χ2n) is 6.18. The van der Waals surface area contributed by atoms with Gasteiger partial charge in [0, 0.05) is 30.0 Å². The smallest absolute Gasteiger partial charge is 0.322 e. The summed E-state index contributed by atoms with van der Waals surface area (Å²) in [5.41, 5.74) is 2.15. The van der Waals surface area contributed by atoms with Gasteiger partial charge in [-0.3, -0.25) is 0 Å². The predicted molar refractivity (Wildman–Crippen MR) is 99.9 cm³/mol. The van der Waals surface area contributed by atoms with E-state index >= 15 is 0 Å². The van der Waals surface area contributed by atoms with E-state index < -0.39 is 5.82 Å². The molecule has 0 spiro atoms. The molecule has 4 nitrogen and oxygen atoms in total. The maximum atomic E-state index is 13.9. The Kier molecular flexibility index (Phi) is 4.39. The highest BCUT2D eigenvalue weighted by molar-refractivity contribution is 6.30. The Balaban J connectivity index is 1.68. The van der Waals surface area contributed by atoms with E-state index in [-0.39, 0.29) is 17.8 Å². The minimum atomic E-state index is -0.454. The summed E-state index contributed by atoms with van der Waals surface area (Å²) in [7, 11) is 0. The quantitative estimate of drug-likeness (QED) is 0.684. The first kappa shape index (κ1) is 16.7. The molecule has 0 fully saturated rings. The summed E-state index contributed by atoms with van der Waals surface area (Å²) < 4.78 is 16.1. The lowest BCUT2D eigenvalue weighted by molar-refractivity contribution is 0.181. The molecule has 2 aromatic carbocycles. The van der Waals surface area contributed by atoms with Crippen molar-refractivity contribution in [2.24, 2.45) is 0 Å². The number of carbonyl (C=O) groups is 1. The van der Waals surface area contributed by atoms with E-state index in [2.05, 4.69) is 9.88 Å². The molecule has 3 aromatic rings. The predicted octanol–water partition coefficient (Wildman–Crippen LogP) is 4.92. The summed E-state index contributed by atoms with van der Waals surface area (Å²) in [6.07, 6.45) is 2.00. The fourth-order valence-electron chi connectivity index (χ4n) is 3.35. The van der Waals surface area contributed by atoms with Crippen molar-refractivity contribution < 1.29 is 9.18 Å². The number of fused-ring (bicyclic) bond motifs is 1. The van der Waals surface area contributed by atoms with E-state index in [1.54, 1.807) is 23.1 Å². The van der Waals surface area contributed by atoms with Crippen LogP contribution in [-0.2, 0) is 6.54 Å². The number of hydrogen-bond donors (Lipinski definition) is 1. The number of hydrogen-bond acceptors (Lipinski definition) is 1. The molecule has 0 bridgehead atoms. The van der Waals surface area contributed by atoms with Crippen LogP contribution in [-0.4, -0.2) is 22.0 Å². The Morgan fingerprint density at radius 1 is 1.04 bits per heavy atom. The lowest BCUT2D eigenvalue weighted by atomic mass is 10.0. The van der Waals surface area contributed by atoms with Gasteiger partial charge in [-0.05, 0) is 42.0 Å². The van der Waals surface area contributed by atoms with Crippen molar-refractivity contribution in [2.45, 2.75) is 12.6 Å². The lowest BCUT2D eigenvalue weighted by Crippen LogP contribution is -2.44. The van der Waals surface area contributed by atoms with E-state index in [4.69, 9.17) is 11.6 Å². The fourth-order valence-corrected chi connectivity index (χ4v) is 3.47. The number of nitrogens with one attached hydrogen (secondary N) is 1. The van der Waals surface area contributed by atoms with Crippen LogP contribution in [0.3, 0.4) is 0 Å². The third-order valence-corrected chi connectivity index (χ3v) is 4.85. The van der Waals surface area contributed by atoms with Crippen molar-refractivity contribution >= 4 is 23.3 Å². The van der Waals surface area contributed by atoms with Gasteiger partial charge in [0.05, 0.1) is 11.7 Å². The van der Waals surface area contributed by atoms with E-state index in [9.17, 15) is 9.18 Å². The largest absolute Gasteiger partial charge is 0.348 e. The monoisotopic (exact) mass is 369 g/mol. The highest BCUT2D eigenvalue weighted by Gasteiger charge is 2.32. The molecule has 0 aliphatic carbocycles. The molecule has 0 saturated carbocycles. The van der Waals surface area contributed by atoms with Crippen LogP contribution in [0.1, 0.15) is 17.3 Å². The number of carbonyl (C=O) groups excluding carboxylic acids is 1. The highest BCUT2D eigenvalue weighted by Crippen LogP contribution is 2.33. The average molecular weight is 370 g/mol. The number of rotatable bonds is 2. The van der Waals surface area contributed by atoms with Crippen LogP contribution in [0.5, 0.6) is 0 Å². The zero-order valence-electron chi connectivity index (χ0n) is 13.9. The van der Waals surface area contributed by atoms with Crippen LogP contribution in [0.2, 0.25) is 5.02 Å². The maximum absolute atomic E-state index is 13.9. The minimum absolute atomic E-state index is 0.174. The van der Waals surface area contributed by atoms with Gasteiger partial charge in [0.1, 0.15) is 5.82 Å². The zero-order valence-corrected chi connectivity index (χ0v) is 14.7. The number of benzene rings is 2. The van der Waals surface area contributed by atoms with Gasteiger partial charge in [-0.25, -0.2) is 9.18 Å². The molecule has 1 atom stereocenters. The van der Waals surface area contributed by atoms with Crippen molar-refractivity contribution in [1.82, 2.24) is 9.47 Å². The molecule has 26 heavy (non-hydrogen) atoms. The summed E-state index contributed by atoms with van der Waals surface area (Å²) in [5, 5.41) is 3.33. The molecule has 0 radical (unpaired) electrons. The van der Waals surface area contributed by atoms with Crippen LogP contribution in [0.15, 0.2) is 66.9 Å². The average Bonchev–Trinajstić information content (AvgIpc) is 3.12. The van der Waals surface area contributed by atoms with Gasteiger partial charge in [0.15, 0.2) is 0 Å². The van der Waals surface area contributed by atoms with E-state index in [1.165, 1.54) is 6.07 Å². The Morgan fingerprint density at radius 2 is 1.81 bits per heavy atom. The van der Waals surface area contributed by atoms with Gasteiger partial charge in [0.25, 0.3) is 0 Å². The number of urea groups is 1. The molecular weight excluding hydrogens is 353 g/mol. The Bertz CT molecular complexity index is 938. The summed E-state index contributed by atoms with van der Waals surface area (Å²) in [4.78, 5) is 14.6. The molecular formula is C20H17ClFN3O. The number of nitrogens with zero attached hydrogens (tertiary/aromatic N) is 2. The van der Waals surface area contributed by atoms with E-state index in [0.717, 1.165) is 11.3 Å². The van der Waals surface area contributed by atoms with Gasteiger partial charge < -0.3 is 14.8 Å². The summed E-state index contributed by atoms with van der Waals surface area (Å²) in [6.45, 7) is 1.21. The van der Waals surface area contributed by atoms with Crippen LogP contribution in [0, 0.1) is 5.82 Å². The Hall–Kier alpha value is -2.79. The van der Waals surface area contributed by atoms with Crippen molar-refractivity contribution in [3.63, 3.8) is 0 Å². The summed E-state index contributed by atoms with van der Waals surface area (Å²) >= 11 is 6.01. The number of aromatic nitrogens is 1. The first-order chi connectivity index (χ1) is 12.6. The molecule has 2 amide bonds. The number of halogens is 2. The maximum Gasteiger partial charge on any atom is 0.322 e. The van der Waals surface area contributed by atoms with Crippen LogP contribution >= 0.6 is 11.6 Å². The molecule has 1 aromatic heterocycles. The van der Waals surface area contributed by atoms with E-state index in [0.29, 0.717) is 18.1 Å². The van der Waals surface area contributed by atoms with Crippen molar-refractivity contribution in [3.8, 4) is 0 Å². The van der Waals surface area contributed by atoms with Crippen molar-refractivity contribution in [2.75, 3.05) is 11.9 Å². The van der Waals surface area contributed by atoms with Gasteiger partial charge in [0.2, 0.25) is 0 Å². The minimum Gasteiger partial charge on any atom is -0.348 e. The molecule has 0 saturated heterocycles. The fraction of sp³-hybridized carbons (Fsp3) is 0.150. The number of para-hydroxylation sites is 1. The molecule has 1 N–H and O–H groups in total. The van der Waals surface area contributed by atoms with Crippen LogP contribution in [0.4, 0.5) is 14.9 Å². The Labute approximate surface area is 155 Å². The zero-order chi connectivity index (χ0) is 18.1. The van der Waals surface area contributed by atoms with Gasteiger partial charge >= 0.3 is 6.03 Å². The topological polar surface area (TPSA) is 37.3 Å². The second kappa shape index (κ2) is 6.84. The van der Waals surface area contributed by atoms with Crippen molar-refractivity contribution in [3.05, 3.63) is 89.0 Å². The second-order valence-corrected chi connectivity index (χ2v) is 6.62. The molecule has 6 heteroatoms. The third-order valence-electron chi connectivity index (χ3n) is 4.60. The number of anilines is 1. The van der Waals surface area contributed by atoms with Crippen molar-refractivity contribution in [1.29, 1.82) is 0 Å². The van der Waals surface area contributed by atoms with Gasteiger partial charge in [-0.2, -0.15) is 0 Å². The molecule has 1 unspecified atom stereocenters. The third kappa shape index (κ3) is 3.06.